The molecule has 1 N–H and O–H groups in total. The van der Waals surface area contributed by atoms with E-state index in [1.165, 1.54) is 36.8 Å². The minimum absolute atomic E-state index is 0.632. The Kier molecular flexibility index (Phi) is 4.47. The molecule has 1 fully saturated rings. The molecule has 0 amide bonds. The van der Waals surface area contributed by atoms with Gasteiger partial charge in [0.25, 0.3) is 0 Å². The largest absolute Gasteiger partial charge is 0.310 e. The van der Waals surface area contributed by atoms with Crippen LogP contribution in [0.4, 0.5) is 0 Å². The van der Waals surface area contributed by atoms with E-state index in [0.717, 1.165) is 17.5 Å². The third-order valence-corrected chi connectivity index (χ3v) is 4.26. The number of nitrogens with one attached hydrogen (secondary N) is 1. The first-order chi connectivity index (χ1) is 8.16. The van der Waals surface area contributed by atoms with Gasteiger partial charge in [0.15, 0.2) is 0 Å². The van der Waals surface area contributed by atoms with Crippen molar-refractivity contribution in [3.8, 4) is 0 Å². The molecule has 2 heteroatoms. The first-order valence-corrected chi connectivity index (χ1v) is 7.03. The quantitative estimate of drug-likeness (QED) is 0.841. The van der Waals surface area contributed by atoms with Crippen molar-refractivity contribution in [2.75, 3.05) is 0 Å². The van der Waals surface area contributed by atoms with Crippen molar-refractivity contribution in [1.82, 2.24) is 5.32 Å². The van der Waals surface area contributed by atoms with Crippen molar-refractivity contribution in [1.29, 1.82) is 0 Å². The molecule has 2 rings (SSSR count). The first-order valence-electron chi connectivity index (χ1n) is 6.65. The van der Waals surface area contributed by atoms with Crippen LogP contribution in [0.15, 0.2) is 18.2 Å². The summed E-state index contributed by atoms with van der Waals surface area (Å²) in [5, 5.41) is 4.49. The molecule has 0 unspecified atom stereocenters. The summed E-state index contributed by atoms with van der Waals surface area (Å²) < 4.78 is 0. The number of benzene rings is 1. The van der Waals surface area contributed by atoms with Gasteiger partial charge in [-0.3, -0.25) is 0 Å². The average molecular weight is 252 g/mol. The van der Waals surface area contributed by atoms with Crippen molar-refractivity contribution in [2.45, 2.75) is 52.1 Å². The van der Waals surface area contributed by atoms with E-state index in [2.05, 4.69) is 25.2 Å². The molecule has 0 aromatic heterocycles. The standard InChI is InChI=1S/C15H22ClN/c1-11-9-15(16)8-7-14(11)10-17-12(2)13-5-3-4-6-13/h7-9,12-13,17H,3-6,10H2,1-2H3/t12-/m1/s1. The second-order valence-electron chi connectivity index (χ2n) is 5.28. The highest BCUT2D eigenvalue weighted by Crippen LogP contribution is 2.27. The highest BCUT2D eigenvalue weighted by molar-refractivity contribution is 6.30. The Bertz CT molecular complexity index is 369. The van der Waals surface area contributed by atoms with E-state index in [4.69, 9.17) is 11.6 Å². The molecule has 94 valence electrons. The zero-order chi connectivity index (χ0) is 12.3. The fourth-order valence-corrected chi connectivity index (χ4v) is 2.98. The fourth-order valence-electron chi connectivity index (χ4n) is 2.75. The van der Waals surface area contributed by atoms with Crippen LogP contribution in [-0.2, 0) is 6.54 Å². The van der Waals surface area contributed by atoms with Crippen LogP contribution in [0.2, 0.25) is 5.02 Å². The van der Waals surface area contributed by atoms with Gasteiger partial charge in [0.1, 0.15) is 0 Å². The van der Waals surface area contributed by atoms with E-state index in [1.54, 1.807) is 0 Å². The lowest BCUT2D eigenvalue weighted by molar-refractivity contribution is 0.380. The minimum atomic E-state index is 0.632. The minimum Gasteiger partial charge on any atom is -0.310 e. The van der Waals surface area contributed by atoms with Crippen LogP contribution in [-0.4, -0.2) is 6.04 Å². The van der Waals surface area contributed by atoms with Gasteiger partial charge < -0.3 is 5.32 Å². The molecular formula is C15H22ClN. The molecule has 0 heterocycles. The topological polar surface area (TPSA) is 12.0 Å². The summed E-state index contributed by atoms with van der Waals surface area (Å²) >= 11 is 5.96. The fraction of sp³-hybridized carbons (Fsp3) is 0.600. The van der Waals surface area contributed by atoms with Crippen molar-refractivity contribution in [3.05, 3.63) is 34.3 Å². The maximum absolute atomic E-state index is 5.96. The molecule has 1 atom stereocenters. The summed E-state index contributed by atoms with van der Waals surface area (Å²) in [7, 11) is 0. The van der Waals surface area contributed by atoms with Crippen molar-refractivity contribution >= 4 is 11.6 Å². The predicted molar refractivity (Wildman–Crippen MR) is 74.4 cm³/mol. The SMILES string of the molecule is Cc1cc(Cl)ccc1CN[C@H](C)C1CCCC1. The van der Waals surface area contributed by atoms with E-state index < -0.39 is 0 Å². The number of halogens is 1. The molecule has 0 aliphatic heterocycles. The Labute approximate surface area is 110 Å². The van der Waals surface area contributed by atoms with E-state index in [9.17, 15) is 0 Å². The number of hydrogen-bond acceptors (Lipinski definition) is 1. The summed E-state index contributed by atoms with van der Waals surface area (Å²) in [5.74, 6) is 0.877. The highest BCUT2D eigenvalue weighted by atomic mass is 35.5. The number of aryl methyl sites for hydroxylation is 1. The van der Waals surface area contributed by atoms with Crippen LogP contribution in [0.1, 0.15) is 43.7 Å². The van der Waals surface area contributed by atoms with Gasteiger partial charge in [-0.1, -0.05) is 30.5 Å². The van der Waals surface area contributed by atoms with E-state index in [1.807, 2.05) is 12.1 Å². The van der Waals surface area contributed by atoms with Crippen LogP contribution in [0, 0.1) is 12.8 Å². The molecule has 0 bridgehead atoms. The molecule has 17 heavy (non-hydrogen) atoms. The van der Waals surface area contributed by atoms with Gasteiger partial charge in [0.2, 0.25) is 0 Å². The molecule has 0 spiro atoms. The van der Waals surface area contributed by atoms with Crippen LogP contribution >= 0.6 is 11.6 Å². The zero-order valence-corrected chi connectivity index (χ0v) is 11.6. The average Bonchev–Trinajstić information content (AvgIpc) is 2.81. The Hall–Kier alpha value is -0.530. The lowest BCUT2D eigenvalue weighted by Crippen LogP contribution is -2.31. The second kappa shape index (κ2) is 5.88. The molecule has 0 saturated heterocycles. The lowest BCUT2D eigenvalue weighted by atomic mass is 9.99. The third kappa shape index (κ3) is 3.46. The molecule has 1 aromatic carbocycles. The molecule has 1 aliphatic rings. The van der Waals surface area contributed by atoms with Crippen LogP contribution in [0.3, 0.4) is 0 Å². The smallest absolute Gasteiger partial charge is 0.0408 e. The summed E-state index contributed by atoms with van der Waals surface area (Å²) in [4.78, 5) is 0. The van der Waals surface area contributed by atoms with Crippen LogP contribution in [0.25, 0.3) is 0 Å². The predicted octanol–water partition coefficient (Wildman–Crippen LogP) is 4.32. The van der Waals surface area contributed by atoms with Gasteiger partial charge in [0.05, 0.1) is 0 Å². The summed E-state index contributed by atoms with van der Waals surface area (Å²) in [5.41, 5.74) is 2.64. The molecule has 0 radical (unpaired) electrons. The Balaban J connectivity index is 1.88. The normalized spacial score (nSPS) is 18.5. The van der Waals surface area contributed by atoms with Crippen LogP contribution < -0.4 is 5.32 Å². The van der Waals surface area contributed by atoms with E-state index in [-0.39, 0.29) is 0 Å². The summed E-state index contributed by atoms with van der Waals surface area (Å²) in [6, 6.07) is 6.78. The van der Waals surface area contributed by atoms with E-state index in [0.29, 0.717) is 6.04 Å². The first kappa shape index (κ1) is 12.9. The van der Waals surface area contributed by atoms with E-state index >= 15 is 0 Å². The van der Waals surface area contributed by atoms with Crippen LogP contribution in [0.5, 0.6) is 0 Å². The number of rotatable bonds is 4. The maximum atomic E-state index is 5.96. The molecule has 1 saturated carbocycles. The van der Waals surface area contributed by atoms with Crippen molar-refractivity contribution < 1.29 is 0 Å². The molecular weight excluding hydrogens is 230 g/mol. The van der Waals surface area contributed by atoms with Crippen molar-refractivity contribution in [2.24, 2.45) is 5.92 Å². The maximum Gasteiger partial charge on any atom is 0.0408 e. The Morgan fingerprint density at radius 3 is 2.71 bits per heavy atom. The van der Waals surface area contributed by atoms with Gasteiger partial charge in [-0.25, -0.2) is 0 Å². The van der Waals surface area contributed by atoms with Gasteiger partial charge in [0, 0.05) is 17.6 Å². The van der Waals surface area contributed by atoms with Gasteiger partial charge in [-0.15, -0.1) is 0 Å². The Morgan fingerprint density at radius 1 is 1.35 bits per heavy atom. The molecule has 1 nitrogen and oxygen atoms in total. The second-order valence-corrected chi connectivity index (χ2v) is 5.72. The van der Waals surface area contributed by atoms with Gasteiger partial charge in [-0.2, -0.15) is 0 Å². The molecule has 1 aliphatic carbocycles. The highest BCUT2D eigenvalue weighted by Gasteiger charge is 2.20. The lowest BCUT2D eigenvalue weighted by Gasteiger charge is -2.21. The summed E-state index contributed by atoms with van der Waals surface area (Å²) in [6.07, 6.45) is 5.62. The third-order valence-electron chi connectivity index (χ3n) is 4.03. The summed E-state index contributed by atoms with van der Waals surface area (Å²) in [6.45, 7) is 5.41. The van der Waals surface area contributed by atoms with Gasteiger partial charge >= 0.3 is 0 Å². The van der Waals surface area contributed by atoms with Crippen molar-refractivity contribution in [3.63, 3.8) is 0 Å². The zero-order valence-electron chi connectivity index (χ0n) is 10.8. The Morgan fingerprint density at radius 2 is 2.06 bits per heavy atom. The number of hydrogen-bond donors (Lipinski definition) is 1. The molecule has 1 aromatic rings. The monoisotopic (exact) mass is 251 g/mol. The van der Waals surface area contributed by atoms with Gasteiger partial charge in [-0.05, 0) is 55.9 Å².